The average Bonchev–Trinajstić information content (AvgIpc) is 2.55. The van der Waals surface area contributed by atoms with Crippen LogP contribution in [0.5, 0.6) is 0 Å². The molecule has 0 aliphatic rings. The molecule has 0 fully saturated rings. The van der Waals surface area contributed by atoms with Crippen LogP contribution in [0.2, 0.25) is 0 Å². The van der Waals surface area contributed by atoms with E-state index in [0.717, 1.165) is 19.3 Å². The molecule has 0 aliphatic carbocycles. The summed E-state index contributed by atoms with van der Waals surface area (Å²) in [4.78, 5) is 11.4. The van der Waals surface area contributed by atoms with Crippen molar-refractivity contribution in [2.75, 3.05) is 66.0 Å². The highest BCUT2D eigenvalue weighted by Crippen LogP contribution is 1.97. The molecule has 0 bridgehead atoms. The van der Waals surface area contributed by atoms with Crippen LogP contribution >= 0.6 is 0 Å². The average molecular weight is 335 g/mol. The van der Waals surface area contributed by atoms with Crippen molar-refractivity contribution >= 4 is 5.91 Å². The Kier molecular flexibility index (Phi) is 18.7. The number of amides is 1. The van der Waals surface area contributed by atoms with Gasteiger partial charge in [-0.1, -0.05) is 19.8 Å². The maximum Gasteiger partial charge on any atom is 0.220 e. The monoisotopic (exact) mass is 335 g/mol. The molecule has 7 heteroatoms. The van der Waals surface area contributed by atoms with Gasteiger partial charge >= 0.3 is 0 Å². The van der Waals surface area contributed by atoms with E-state index in [2.05, 4.69) is 12.2 Å². The van der Waals surface area contributed by atoms with Crippen LogP contribution in [0.15, 0.2) is 0 Å². The largest absolute Gasteiger partial charge is 0.394 e. The fourth-order valence-electron chi connectivity index (χ4n) is 1.71. The number of aliphatic hydroxyl groups is 1. The highest BCUT2D eigenvalue weighted by atomic mass is 16.6. The van der Waals surface area contributed by atoms with E-state index in [4.69, 9.17) is 24.1 Å². The quantitative estimate of drug-likeness (QED) is 0.359. The Hall–Kier alpha value is -0.730. The van der Waals surface area contributed by atoms with Crippen LogP contribution in [0.1, 0.15) is 32.6 Å². The van der Waals surface area contributed by atoms with E-state index in [0.29, 0.717) is 65.8 Å². The predicted molar refractivity (Wildman–Crippen MR) is 87.5 cm³/mol. The zero-order valence-electron chi connectivity index (χ0n) is 14.4. The summed E-state index contributed by atoms with van der Waals surface area (Å²) in [7, 11) is 0. The standard InChI is InChI=1S/C16H33NO6/c1-2-3-4-5-16(19)17-6-8-20-10-12-22-14-15-23-13-11-21-9-7-18/h18H,2-15H2,1H3,(H,17,19). The molecule has 2 N–H and O–H groups in total. The Morgan fingerprint density at radius 3 is 1.87 bits per heavy atom. The van der Waals surface area contributed by atoms with E-state index in [1.165, 1.54) is 0 Å². The molecule has 0 saturated heterocycles. The highest BCUT2D eigenvalue weighted by molar-refractivity contribution is 5.75. The molecular weight excluding hydrogens is 302 g/mol. The lowest BCUT2D eigenvalue weighted by Crippen LogP contribution is -2.27. The van der Waals surface area contributed by atoms with Crippen LogP contribution in [0.3, 0.4) is 0 Å². The van der Waals surface area contributed by atoms with Crippen molar-refractivity contribution in [1.82, 2.24) is 5.32 Å². The predicted octanol–water partition coefficient (Wildman–Crippen LogP) is 0.742. The number of hydrogen-bond donors (Lipinski definition) is 2. The van der Waals surface area contributed by atoms with Crippen LogP contribution in [-0.4, -0.2) is 77.0 Å². The Morgan fingerprint density at radius 1 is 0.826 bits per heavy atom. The number of ether oxygens (including phenoxy) is 4. The molecule has 138 valence electrons. The minimum atomic E-state index is 0.0334. The van der Waals surface area contributed by atoms with Crippen LogP contribution in [0, 0.1) is 0 Å². The molecule has 0 spiro atoms. The fraction of sp³-hybridized carbons (Fsp3) is 0.938. The molecule has 0 atom stereocenters. The van der Waals surface area contributed by atoms with Gasteiger partial charge in [-0.3, -0.25) is 4.79 Å². The number of carbonyl (C=O) groups excluding carboxylic acids is 1. The lowest BCUT2D eigenvalue weighted by Gasteiger charge is -2.08. The second-order valence-corrected chi connectivity index (χ2v) is 4.98. The highest BCUT2D eigenvalue weighted by Gasteiger charge is 1.99. The zero-order chi connectivity index (χ0) is 17.0. The van der Waals surface area contributed by atoms with E-state index >= 15 is 0 Å². The molecule has 7 nitrogen and oxygen atoms in total. The number of aliphatic hydroxyl groups excluding tert-OH is 1. The van der Waals surface area contributed by atoms with E-state index in [1.807, 2.05) is 0 Å². The zero-order valence-corrected chi connectivity index (χ0v) is 14.4. The molecule has 0 heterocycles. The topological polar surface area (TPSA) is 86.3 Å². The third-order valence-electron chi connectivity index (χ3n) is 2.93. The van der Waals surface area contributed by atoms with Gasteiger partial charge in [0.1, 0.15) is 0 Å². The third kappa shape index (κ3) is 19.2. The first-order chi connectivity index (χ1) is 11.3. The maximum absolute atomic E-state index is 11.4. The van der Waals surface area contributed by atoms with Gasteiger partial charge in [0, 0.05) is 13.0 Å². The number of unbranched alkanes of at least 4 members (excludes halogenated alkanes) is 2. The van der Waals surface area contributed by atoms with Gasteiger partial charge in [-0.15, -0.1) is 0 Å². The van der Waals surface area contributed by atoms with Gasteiger partial charge in [0.2, 0.25) is 5.91 Å². The first-order valence-electron chi connectivity index (χ1n) is 8.49. The minimum absolute atomic E-state index is 0.0334. The van der Waals surface area contributed by atoms with Crippen molar-refractivity contribution < 1.29 is 28.8 Å². The molecular formula is C16H33NO6. The summed E-state index contributed by atoms with van der Waals surface area (Å²) >= 11 is 0. The first-order valence-corrected chi connectivity index (χ1v) is 8.49. The Bertz CT molecular complexity index is 253. The van der Waals surface area contributed by atoms with Crippen molar-refractivity contribution in [3.63, 3.8) is 0 Å². The van der Waals surface area contributed by atoms with E-state index in [9.17, 15) is 4.79 Å². The maximum atomic E-state index is 11.4. The summed E-state index contributed by atoms with van der Waals surface area (Å²) in [5, 5.41) is 11.3. The third-order valence-corrected chi connectivity index (χ3v) is 2.93. The summed E-state index contributed by atoms with van der Waals surface area (Å²) in [6.45, 7) is 6.55. The summed E-state index contributed by atoms with van der Waals surface area (Å²) in [6, 6.07) is 0. The molecule has 0 aromatic rings. The summed E-state index contributed by atoms with van der Waals surface area (Å²) < 4.78 is 21.0. The van der Waals surface area contributed by atoms with Gasteiger partial charge in [-0.05, 0) is 6.42 Å². The summed E-state index contributed by atoms with van der Waals surface area (Å²) in [6.07, 6.45) is 3.77. The van der Waals surface area contributed by atoms with Crippen molar-refractivity contribution in [2.24, 2.45) is 0 Å². The van der Waals surface area contributed by atoms with Crippen LogP contribution in [-0.2, 0) is 23.7 Å². The van der Waals surface area contributed by atoms with Crippen molar-refractivity contribution in [3.05, 3.63) is 0 Å². The summed E-state index contributed by atoms with van der Waals surface area (Å²) in [5.74, 6) is 0.0958. The van der Waals surface area contributed by atoms with Gasteiger partial charge in [0.05, 0.1) is 59.5 Å². The van der Waals surface area contributed by atoms with Crippen LogP contribution < -0.4 is 5.32 Å². The van der Waals surface area contributed by atoms with E-state index < -0.39 is 0 Å². The first kappa shape index (κ1) is 22.3. The second-order valence-electron chi connectivity index (χ2n) is 4.98. The second kappa shape index (κ2) is 19.3. The number of nitrogens with one attached hydrogen (secondary N) is 1. The Morgan fingerprint density at radius 2 is 1.35 bits per heavy atom. The van der Waals surface area contributed by atoms with Crippen molar-refractivity contribution in [2.45, 2.75) is 32.6 Å². The Balaban J connectivity index is 3.06. The van der Waals surface area contributed by atoms with Gasteiger partial charge in [0.25, 0.3) is 0 Å². The van der Waals surface area contributed by atoms with Gasteiger partial charge < -0.3 is 29.4 Å². The molecule has 0 aromatic carbocycles. The van der Waals surface area contributed by atoms with Crippen molar-refractivity contribution in [3.8, 4) is 0 Å². The molecule has 0 unspecified atom stereocenters. The molecule has 0 radical (unpaired) electrons. The molecule has 0 aromatic heterocycles. The molecule has 1 amide bonds. The summed E-state index contributed by atoms with van der Waals surface area (Å²) in [5.41, 5.74) is 0. The van der Waals surface area contributed by atoms with E-state index in [1.54, 1.807) is 0 Å². The van der Waals surface area contributed by atoms with Gasteiger partial charge in [0.15, 0.2) is 0 Å². The lowest BCUT2D eigenvalue weighted by atomic mass is 10.2. The van der Waals surface area contributed by atoms with Crippen LogP contribution in [0.25, 0.3) is 0 Å². The fourth-order valence-corrected chi connectivity index (χ4v) is 1.71. The number of rotatable bonds is 18. The smallest absolute Gasteiger partial charge is 0.220 e. The molecule has 0 rings (SSSR count). The Labute approximate surface area is 139 Å². The normalized spacial score (nSPS) is 10.9. The van der Waals surface area contributed by atoms with Crippen LogP contribution in [0.4, 0.5) is 0 Å². The number of hydrogen-bond acceptors (Lipinski definition) is 6. The lowest BCUT2D eigenvalue weighted by molar-refractivity contribution is -0.121. The molecule has 0 aliphatic heterocycles. The van der Waals surface area contributed by atoms with Gasteiger partial charge in [-0.25, -0.2) is 0 Å². The minimum Gasteiger partial charge on any atom is -0.394 e. The molecule has 23 heavy (non-hydrogen) atoms. The van der Waals surface area contributed by atoms with Gasteiger partial charge in [-0.2, -0.15) is 0 Å². The number of carbonyl (C=O) groups is 1. The van der Waals surface area contributed by atoms with E-state index in [-0.39, 0.29) is 12.5 Å². The van der Waals surface area contributed by atoms with Crippen molar-refractivity contribution in [1.29, 1.82) is 0 Å². The molecule has 0 saturated carbocycles. The SMILES string of the molecule is CCCCCC(=O)NCCOCCOCCOCCOCCO.